The van der Waals surface area contributed by atoms with E-state index in [0.717, 1.165) is 11.6 Å². The Hall–Kier alpha value is -3.09. The van der Waals surface area contributed by atoms with Crippen LogP contribution in [0.1, 0.15) is 45.6 Å². The molecule has 0 unspecified atom stereocenters. The number of pyridine rings is 1. The number of benzene rings is 2. The molecule has 0 aliphatic heterocycles. The zero-order chi connectivity index (χ0) is 20.3. The number of halogens is 3. The average molecular weight is 387 g/mol. The second-order valence-electron chi connectivity index (χ2n) is 7.14. The summed E-state index contributed by atoms with van der Waals surface area (Å²) in [6.07, 6.45) is -3.57. The zero-order valence-electron chi connectivity index (χ0n) is 14.8. The highest BCUT2D eigenvalue weighted by Crippen LogP contribution is 2.56. The van der Waals surface area contributed by atoms with Crippen LogP contribution < -0.4 is 0 Å². The Bertz CT molecular complexity index is 1100. The second-order valence-corrected chi connectivity index (χ2v) is 7.14. The van der Waals surface area contributed by atoms with Crippen molar-refractivity contribution in [2.45, 2.75) is 31.4 Å². The first kappa shape index (κ1) is 18.3. The molecular formula is C21H16F3NO3. The molecule has 0 bridgehead atoms. The lowest BCUT2D eigenvalue weighted by atomic mass is 9.88. The molecular weight excluding hydrogens is 371 g/mol. The Balaban J connectivity index is 2.11. The first-order valence-corrected chi connectivity index (χ1v) is 8.69. The van der Waals surface area contributed by atoms with E-state index in [-0.39, 0.29) is 16.6 Å². The molecule has 144 valence electrons. The summed E-state index contributed by atoms with van der Waals surface area (Å²) in [5, 5.41) is 20.2. The Morgan fingerprint density at radius 3 is 2.32 bits per heavy atom. The van der Waals surface area contributed by atoms with Gasteiger partial charge in [0, 0.05) is 10.8 Å². The molecule has 3 aromatic rings. The minimum atomic E-state index is -4.70. The average Bonchev–Trinajstić information content (AvgIpc) is 3.42. The predicted octanol–water partition coefficient (Wildman–Crippen LogP) is 5.05. The predicted molar refractivity (Wildman–Crippen MR) is 96.6 cm³/mol. The molecule has 1 heterocycles. The fourth-order valence-corrected chi connectivity index (χ4v) is 3.81. The lowest BCUT2D eigenvalue weighted by Gasteiger charge is -2.21. The van der Waals surface area contributed by atoms with Crippen molar-refractivity contribution < 1.29 is 28.2 Å². The first-order chi connectivity index (χ1) is 13.1. The fraction of sp³-hybridized carbons (Fsp3) is 0.238. The number of carbonyl (C=O) groups is 1. The van der Waals surface area contributed by atoms with Crippen molar-refractivity contribution in [1.82, 2.24) is 4.98 Å². The third-order valence-corrected chi connectivity index (χ3v) is 5.26. The largest absolute Gasteiger partial charge is 0.505 e. The summed E-state index contributed by atoms with van der Waals surface area (Å²) < 4.78 is 40.9. The molecule has 0 radical (unpaired) electrons. The summed E-state index contributed by atoms with van der Waals surface area (Å²) in [5.74, 6) is -2.06. The van der Waals surface area contributed by atoms with Crippen LogP contribution in [0.25, 0.3) is 10.9 Å². The van der Waals surface area contributed by atoms with Gasteiger partial charge in [-0.05, 0) is 43.0 Å². The molecule has 0 spiro atoms. The summed E-state index contributed by atoms with van der Waals surface area (Å²) in [6, 6.07) is 11.3. The van der Waals surface area contributed by atoms with Crippen LogP contribution in [0.4, 0.5) is 13.2 Å². The first-order valence-electron chi connectivity index (χ1n) is 8.69. The van der Waals surface area contributed by atoms with E-state index in [1.165, 1.54) is 13.0 Å². The highest BCUT2D eigenvalue weighted by atomic mass is 19.4. The van der Waals surface area contributed by atoms with Crippen LogP contribution in [0.3, 0.4) is 0 Å². The molecule has 28 heavy (non-hydrogen) atoms. The van der Waals surface area contributed by atoms with Crippen LogP contribution >= 0.6 is 0 Å². The molecule has 1 aliphatic rings. The molecule has 1 fully saturated rings. The van der Waals surface area contributed by atoms with Crippen molar-refractivity contribution in [1.29, 1.82) is 0 Å². The van der Waals surface area contributed by atoms with Crippen molar-refractivity contribution in [2.75, 3.05) is 0 Å². The molecule has 0 atom stereocenters. The number of nitrogens with zero attached hydrogens (tertiary/aromatic N) is 1. The van der Waals surface area contributed by atoms with Crippen molar-refractivity contribution in [3.05, 3.63) is 70.4 Å². The third kappa shape index (κ3) is 2.69. The topological polar surface area (TPSA) is 70.4 Å². The van der Waals surface area contributed by atoms with E-state index in [0.29, 0.717) is 12.8 Å². The number of carboxylic acids is 1. The smallest absolute Gasteiger partial charge is 0.418 e. The van der Waals surface area contributed by atoms with Gasteiger partial charge in [-0.3, -0.25) is 0 Å². The van der Waals surface area contributed by atoms with Gasteiger partial charge in [0.1, 0.15) is 5.56 Å². The monoisotopic (exact) mass is 387 g/mol. The van der Waals surface area contributed by atoms with E-state index in [1.807, 2.05) is 0 Å². The minimum Gasteiger partial charge on any atom is -0.505 e. The summed E-state index contributed by atoms with van der Waals surface area (Å²) in [6.45, 7) is 1.44. The quantitative estimate of drug-likeness (QED) is 0.660. The highest BCUT2D eigenvalue weighted by Gasteiger charge is 2.50. The van der Waals surface area contributed by atoms with Gasteiger partial charge in [0.2, 0.25) is 0 Å². The number of aryl methyl sites for hydroxylation is 1. The van der Waals surface area contributed by atoms with E-state index in [1.54, 1.807) is 30.3 Å². The van der Waals surface area contributed by atoms with Crippen LogP contribution in [-0.2, 0) is 11.6 Å². The summed E-state index contributed by atoms with van der Waals surface area (Å²) in [7, 11) is 0. The molecule has 1 aliphatic carbocycles. The molecule has 0 saturated heterocycles. The number of fused-ring (bicyclic) bond motifs is 1. The Morgan fingerprint density at radius 1 is 1.14 bits per heavy atom. The molecule has 2 aromatic carbocycles. The van der Waals surface area contributed by atoms with Crippen LogP contribution in [0.5, 0.6) is 5.75 Å². The SMILES string of the molecule is Cc1cc(C(F)(F)F)c2nc(C3(c4ccccc4)CC3)c(O)c(C(=O)O)c2c1. The van der Waals surface area contributed by atoms with Crippen LogP contribution in [0.2, 0.25) is 0 Å². The van der Waals surface area contributed by atoms with Crippen molar-refractivity contribution in [2.24, 2.45) is 0 Å². The minimum absolute atomic E-state index is 0.0158. The van der Waals surface area contributed by atoms with E-state index < -0.39 is 40.0 Å². The maximum absolute atomic E-state index is 13.6. The number of hydrogen-bond donors (Lipinski definition) is 2. The van der Waals surface area contributed by atoms with Crippen molar-refractivity contribution in [3.8, 4) is 5.75 Å². The Morgan fingerprint density at radius 2 is 1.79 bits per heavy atom. The molecule has 1 aromatic heterocycles. The zero-order valence-corrected chi connectivity index (χ0v) is 14.8. The number of aromatic nitrogens is 1. The standard InChI is InChI=1S/C21H16F3NO3/c1-11-9-13-15(19(27)28)17(26)18(25-16(13)14(10-11)21(22,23)24)20(7-8-20)12-5-3-2-4-6-12/h2-6,9-10,26H,7-8H2,1H3,(H,27,28). The van der Waals surface area contributed by atoms with Gasteiger partial charge in [-0.15, -0.1) is 0 Å². The van der Waals surface area contributed by atoms with E-state index >= 15 is 0 Å². The molecule has 0 amide bonds. The van der Waals surface area contributed by atoms with Gasteiger partial charge in [0.05, 0.1) is 16.8 Å². The van der Waals surface area contributed by atoms with E-state index in [9.17, 15) is 28.2 Å². The summed E-state index contributed by atoms with van der Waals surface area (Å²) in [5.41, 5.74) is -1.78. The van der Waals surface area contributed by atoms with Crippen molar-refractivity contribution in [3.63, 3.8) is 0 Å². The van der Waals surface area contributed by atoms with Crippen LogP contribution in [0, 0.1) is 6.92 Å². The maximum atomic E-state index is 13.6. The molecule has 1 saturated carbocycles. The summed E-state index contributed by atoms with van der Waals surface area (Å²) in [4.78, 5) is 16.1. The number of rotatable bonds is 3. The highest BCUT2D eigenvalue weighted by molar-refractivity contribution is 6.06. The molecule has 7 heteroatoms. The van der Waals surface area contributed by atoms with Crippen LogP contribution in [-0.4, -0.2) is 21.2 Å². The van der Waals surface area contributed by atoms with E-state index in [4.69, 9.17) is 0 Å². The Kier molecular flexibility index (Phi) is 3.89. The van der Waals surface area contributed by atoms with Crippen LogP contribution in [0.15, 0.2) is 42.5 Å². The van der Waals surface area contributed by atoms with E-state index in [2.05, 4.69) is 4.98 Å². The van der Waals surface area contributed by atoms with Gasteiger partial charge in [0.25, 0.3) is 0 Å². The lowest BCUT2D eigenvalue weighted by molar-refractivity contribution is -0.136. The number of alkyl halides is 3. The molecule has 4 nitrogen and oxygen atoms in total. The number of hydrogen-bond acceptors (Lipinski definition) is 3. The van der Waals surface area contributed by atoms with Gasteiger partial charge in [-0.1, -0.05) is 30.3 Å². The third-order valence-electron chi connectivity index (χ3n) is 5.26. The fourth-order valence-electron chi connectivity index (χ4n) is 3.81. The van der Waals surface area contributed by atoms with Crippen molar-refractivity contribution >= 4 is 16.9 Å². The summed E-state index contributed by atoms with van der Waals surface area (Å²) >= 11 is 0. The van der Waals surface area contributed by atoms with Gasteiger partial charge in [0.15, 0.2) is 5.75 Å². The number of carboxylic acid groups (broad SMARTS) is 1. The normalized spacial score (nSPS) is 15.6. The van der Waals surface area contributed by atoms with Gasteiger partial charge >= 0.3 is 12.1 Å². The molecule has 2 N–H and O–H groups in total. The number of aromatic hydroxyl groups is 1. The molecule has 4 rings (SSSR count). The Labute approximate surface area is 158 Å². The van der Waals surface area contributed by atoms with Gasteiger partial charge in [-0.2, -0.15) is 13.2 Å². The van der Waals surface area contributed by atoms with Gasteiger partial charge in [-0.25, -0.2) is 9.78 Å². The maximum Gasteiger partial charge on any atom is 0.418 e. The number of aromatic carboxylic acids is 1. The second kappa shape index (κ2) is 5.95. The lowest BCUT2D eigenvalue weighted by Crippen LogP contribution is -2.16. The van der Waals surface area contributed by atoms with Gasteiger partial charge < -0.3 is 10.2 Å².